The van der Waals surface area contributed by atoms with E-state index in [-0.39, 0.29) is 23.8 Å². The molecule has 0 radical (unpaired) electrons. The number of esters is 1. The lowest BCUT2D eigenvalue weighted by molar-refractivity contribution is -0.136. The average Bonchev–Trinajstić information content (AvgIpc) is 2.67. The molecule has 1 heterocycles. The summed E-state index contributed by atoms with van der Waals surface area (Å²) in [5, 5.41) is 2.67. The Morgan fingerprint density at radius 2 is 1.86 bits per heavy atom. The number of para-hydroxylation sites is 2. The predicted octanol–water partition coefficient (Wildman–Crippen LogP) is 2.99. The van der Waals surface area contributed by atoms with Gasteiger partial charge in [-0.2, -0.15) is 0 Å². The quantitative estimate of drug-likeness (QED) is 0.526. The summed E-state index contributed by atoms with van der Waals surface area (Å²) in [6.07, 6.45) is 1.54. The number of hydrogen-bond acceptors (Lipinski definition) is 5. The molecule has 0 spiro atoms. The van der Waals surface area contributed by atoms with E-state index in [2.05, 4.69) is 15.3 Å². The maximum Gasteiger partial charge on any atom is 0.340 e. The number of nitrogens with zero attached hydrogens (tertiary/aromatic N) is 1. The molecule has 3 aromatic rings. The number of hydrogen-bond donors (Lipinski definition) is 2. The van der Waals surface area contributed by atoms with Crippen LogP contribution in [0.15, 0.2) is 53.3 Å². The zero-order chi connectivity index (χ0) is 20.1. The molecule has 0 saturated heterocycles. The van der Waals surface area contributed by atoms with Crippen LogP contribution in [0.1, 0.15) is 25.1 Å². The highest BCUT2D eigenvalue weighted by atomic mass is 16.5. The van der Waals surface area contributed by atoms with Crippen LogP contribution >= 0.6 is 0 Å². The molecule has 3 rings (SSSR count). The largest absolute Gasteiger partial charge is 0.462 e. The van der Waals surface area contributed by atoms with Gasteiger partial charge in [0.15, 0.2) is 0 Å². The van der Waals surface area contributed by atoms with E-state index in [0.717, 1.165) is 0 Å². The number of fused-ring (bicyclic) bond motifs is 1. The number of ether oxygens (including phenoxy) is 1. The fourth-order valence-corrected chi connectivity index (χ4v) is 2.68. The lowest BCUT2D eigenvalue weighted by atomic mass is 10.1. The number of aromatic amines is 1. The minimum absolute atomic E-state index is 0.0110. The summed E-state index contributed by atoms with van der Waals surface area (Å²) < 4.78 is 5.12. The summed E-state index contributed by atoms with van der Waals surface area (Å²) in [5.74, 6) is -0.816. The van der Waals surface area contributed by atoms with Crippen LogP contribution in [0.25, 0.3) is 22.7 Å². The fourth-order valence-electron chi connectivity index (χ4n) is 2.68. The second kappa shape index (κ2) is 8.30. The second-order valence-electron chi connectivity index (χ2n) is 6.01. The van der Waals surface area contributed by atoms with Crippen LogP contribution in [0, 0.1) is 0 Å². The van der Waals surface area contributed by atoms with Gasteiger partial charge in [-0.1, -0.05) is 24.3 Å². The molecule has 142 valence electrons. The van der Waals surface area contributed by atoms with Crippen molar-refractivity contribution in [3.05, 3.63) is 70.1 Å². The van der Waals surface area contributed by atoms with Gasteiger partial charge in [-0.25, -0.2) is 9.78 Å². The first kappa shape index (κ1) is 19.0. The van der Waals surface area contributed by atoms with Crippen LogP contribution < -0.4 is 10.9 Å². The van der Waals surface area contributed by atoms with E-state index in [1.165, 1.54) is 6.92 Å². The second-order valence-corrected chi connectivity index (χ2v) is 6.01. The molecule has 0 aliphatic carbocycles. The Labute approximate surface area is 161 Å². The predicted molar refractivity (Wildman–Crippen MR) is 108 cm³/mol. The van der Waals surface area contributed by atoms with Crippen molar-refractivity contribution in [3.63, 3.8) is 0 Å². The van der Waals surface area contributed by atoms with Crippen molar-refractivity contribution in [3.8, 4) is 0 Å². The van der Waals surface area contributed by atoms with Gasteiger partial charge >= 0.3 is 5.97 Å². The lowest BCUT2D eigenvalue weighted by Gasteiger charge is -2.08. The molecule has 0 unspecified atom stereocenters. The number of aromatic nitrogens is 2. The number of nitrogens with one attached hydrogen (secondary N) is 2. The van der Waals surface area contributed by atoms with Gasteiger partial charge in [0.05, 0.1) is 23.2 Å². The van der Waals surface area contributed by atoms with E-state index < -0.39 is 11.5 Å². The van der Waals surface area contributed by atoms with Crippen molar-refractivity contribution in [2.45, 2.75) is 13.8 Å². The topological polar surface area (TPSA) is 101 Å². The zero-order valence-corrected chi connectivity index (χ0v) is 15.5. The first-order valence-corrected chi connectivity index (χ1v) is 8.74. The summed E-state index contributed by atoms with van der Waals surface area (Å²) >= 11 is 0. The zero-order valence-electron chi connectivity index (χ0n) is 15.5. The Balaban J connectivity index is 2.08. The van der Waals surface area contributed by atoms with Crippen LogP contribution in [0.3, 0.4) is 0 Å². The smallest absolute Gasteiger partial charge is 0.340 e. The highest BCUT2D eigenvalue weighted by Crippen LogP contribution is 2.19. The Morgan fingerprint density at radius 3 is 2.54 bits per heavy atom. The van der Waals surface area contributed by atoms with Crippen molar-refractivity contribution >= 4 is 40.2 Å². The van der Waals surface area contributed by atoms with Crippen molar-refractivity contribution in [1.82, 2.24) is 9.97 Å². The number of rotatable bonds is 5. The first-order chi connectivity index (χ1) is 13.5. The number of H-pyrrole nitrogens is 1. The number of carbonyl (C=O) groups is 2. The van der Waals surface area contributed by atoms with Gasteiger partial charge in [0.1, 0.15) is 5.69 Å². The molecule has 2 N–H and O–H groups in total. The fraction of sp³-hybridized carbons (Fsp3) is 0.143. The van der Waals surface area contributed by atoms with Gasteiger partial charge in [-0.3, -0.25) is 9.59 Å². The Kier molecular flexibility index (Phi) is 5.64. The van der Waals surface area contributed by atoms with Gasteiger partial charge in [0.2, 0.25) is 5.91 Å². The molecule has 1 aromatic heterocycles. The third-order valence-corrected chi connectivity index (χ3v) is 3.89. The van der Waals surface area contributed by atoms with E-state index in [0.29, 0.717) is 22.3 Å². The average molecular weight is 377 g/mol. The first-order valence-electron chi connectivity index (χ1n) is 8.74. The standard InChI is InChI=1S/C21H19N3O4/c1-3-28-21(27)16(12-14-8-10-15(11-9-14)22-13(2)25)19-20(26)24-18-7-5-4-6-17(18)23-19/h4-12H,3H2,1-2H3,(H,22,25)(H,24,26)/b16-12+. The molecule has 0 bridgehead atoms. The highest BCUT2D eigenvalue weighted by Gasteiger charge is 2.19. The van der Waals surface area contributed by atoms with Crippen molar-refractivity contribution in [1.29, 1.82) is 0 Å². The van der Waals surface area contributed by atoms with E-state index in [1.807, 2.05) is 0 Å². The molecule has 0 aliphatic heterocycles. The molecule has 28 heavy (non-hydrogen) atoms. The van der Waals surface area contributed by atoms with Crippen LogP contribution in [0.5, 0.6) is 0 Å². The third kappa shape index (κ3) is 4.32. The Morgan fingerprint density at radius 1 is 1.14 bits per heavy atom. The molecule has 0 atom stereocenters. The summed E-state index contributed by atoms with van der Waals surface area (Å²) in [5.41, 5.74) is 2.00. The number of benzene rings is 2. The Hall–Kier alpha value is -3.74. The Bertz CT molecular complexity index is 1110. The van der Waals surface area contributed by atoms with E-state index >= 15 is 0 Å². The molecule has 1 amide bonds. The van der Waals surface area contributed by atoms with Crippen LogP contribution in [0.4, 0.5) is 5.69 Å². The van der Waals surface area contributed by atoms with E-state index in [4.69, 9.17) is 4.74 Å². The van der Waals surface area contributed by atoms with Gasteiger partial charge in [0.25, 0.3) is 5.56 Å². The van der Waals surface area contributed by atoms with Crippen molar-refractivity contribution in [2.24, 2.45) is 0 Å². The summed E-state index contributed by atoms with van der Waals surface area (Å²) in [6, 6.07) is 13.9. The molecule has 7 heteroatoms. The maximum atomic E-state index is 12.5. The van der Waals surface area contributed by atoms with Gasteiger partial charge in [0, 0.05) is 12.6 Å². The molecule has 0 saturated carbocycles. The molecule has 0 aliphatic rings. The minimum atomic E-state index is -0.637. The number of anilines is 1. The lowest BCUT2D eigenvalue weighted by Crippen LogP contribution is -2.19. The monoisotopic (exact) mass is 377 g/mol. The van der Waals surface area contributed by atoms with Crippen molar-refractivity contribution < 1.29 is 14.3 Å². The summed E-state index contributed by atoms with van der Waals surface area (Å²) in [4.78, 5) is 43.3. The van der Waals surface area contributed by atoms with Crippen molar-refractivity contribution in [2.75, 3.05) is 11.9 Å². The number of amides is 1. The number of carbonyl (C=O) groups excluding carboxylic acids is 2. The van der Waals surface area contributed by atoms with Gasteiger partial charge < -0.3 is 15.0 Å². The maximum absolute atomic E-state index is 12.5. The van der Waals surface area contributed by atoms with Gasteiger partial charge in [-0.15, -0.1) is 0 Å². The van der Waals surface area contributed by atoms with Crippen LogP contribution in [-0.2, 0) is 14.3 Å². The molecule has 0 fully saturated rings. The molecular formula is C21H19N3O4. The van der Waals surface area contributed by atoms with Crippen LogP contribution in [-0.4, -0.2) is 28.5 Å². The van der Waals surface area contributed by atoms with Crippen LogP contribution in [0.2, 0.25) is 0 Å². The normalized spacial score (nSPS) is 11.3. The summed E-state index contributed by atoms with van der Waals surface area (Å²) in [6.45, 7) is 3.28. The highest BCUT2D eigenvalue weighted by molar-refractivity contribution is 6.21. The van der Waals surface area contributed by atoms with Gasteiger partial charge in [-0.05, 0) is 42.8 Å². The SMILES string of the molecule is CCOC(=O)/C(=C/c1ccc(NC(C)=O)cc1)c1nc2ccccc2[nH]c1=O. The molecular weight excluding hydrogens is 358 g/mol. The minimum Gasteiger partial charge on any atom is -0.462 e. The summed E-state index contributed by atoms with van der Waals surface area (Å²) in [7, 11) is 0. The molecule has 2 aromatic carbocycles. The molecule has 7 nitrogen and oxygen atoms in total. The van der Waals surface area contributed by atoms with E-state index in [9.17, 15) is 14.4 Å². The third-order valence-electron chi connectivity index (χ3n) is 3.89. The van der Waals surface area contributed by atoms with E-state index in [1.54, 1.807) is 61.5 Å².